The molecule has 0 unspecified atom stereocenters. The van der Waals surface area contributed by atoms with E-state index >= 15 is 0 Å². The van der Waals surface area contributed by atoms with Crippen LogP contribution in [0.3, 0.4) is 0 Å². The average molecular weight is 279 g/mol. The Labute approximate surface area is 120 Å². The zero-order chi connectivity index (χ0) is 14.6. The van der Waals surface area contributed by atoms with Gasteiger partial charge in [0.1, 0.15) is 0 Å². The van der Waals surface area contributed by atoms with E-state index in [1.54, 1.807) is 0 Å². The van der Waals surface area contributed by atoms with Crippen LogP contribution in [0, 0.1) is 13.8 Å². The lowest BCUT2D eigenvalue weighted by Gasteiger charge is -2.26. The number of amides is 1. The first-order valence-corrected chi connectivity index (χ1v) is 7.50. The number of H-pyrrole nitrogens is 1. The second-order valence-corrected chi connectivity index (χ2v) is 6.00. The maximum Gasteiger partial charge on any atom is 0.224 e. The summed E-state index contributed by atoms with van der Waals surface area (Å²) < 4.78 is 0. The molecule has 0 radical (unpaired) electrons. The Balaban J connectivity index is 1.85. The Kier molecular flexibility index (Phi) is 4.81. The van der Waals surface area contributed by atoms with Crippen molar-refractivity contribution in [1.29, 1.82) is 0 Å². The number of hydrogen-bond acceptors (Lipinski definition) is 3. The highest BCUT2D eigenvalue weighted by atomic mass is 16.3. The van der Waals surface area contributed by atoms with E-state index in [1.165, 1.54) is 12.8 Å². The maximum atomic E-state index is 12.0. The first-order valence-electron chi connectivity index (χ1n) is 7.50. The van der Waals surface area contributed by atoms with Crippen LogP contribution in [0.2, 0.25) is 0 Å². The molecule has 5 nitrogen and oxygen atoms in total. The lowest BCUT2D eigenvalue weighted by Crippen LogP contribution is -2.43. The molecule has 5 heteroatoms. The molecule has 1 aromatic rings. The number of carbonyl (C=O) groups excluding carboxylic acids is 1. The molecule has 0 atom stereocenters. The third kappa shape index (κ3) is 3.82. The largest absolute Gasteiger partial charge is 0.388 e. The van der Waals surface area contributed by atoms with E-state index in [4.69, 9.17) is 0 Å². The number of carbonyl (C=O) groups is 1. The summed E-state index contributed by atoms with van der Waals surface area (Å²) in [6, 6.07) is 0. The molecule has 112 valence electrons. The van der Waals surface area contributed by atoms with Crippen LogP contribution in [0.5, 0.6) is 0 Å². The second kappa shape index (κ2) is 6.39. The minimum Gasteiger partial charge on any atom is -0.388 e. The Hall–Kier alpha value is -1.36. The highest BCUT2D eigenvalue weighted by Gasteiger charge is 2.28. The molecule has 1 fully saturated rings. The molecule has 3 N–H and O–H groups in total. The van der Waals surface area contributed by atoms with Crippen molar-refractivity contribution in [3.63, 3.8) is 0 Å². The second-order valence-electron chi connectivity index (χ2n) is 6.00. The van der Waals surface area contributed by atoms with E-state index in [-0.39, 0.29) is 5.91 Å². The first-order chi connectivity index (χ1) is 9.50. The van der Waals surface area contributed by atoms with Gasteiger partial charge in [-0.15, -0.1) is 0 Å². The van der Waals surface area contributed by atoms with Crippen LogP contribution >= 0.6 is 0 Å². The van der Waals surface area contributed by atoms with Crippen LogP contribution < -0.4 is 5.32 Å². The van der Waals surface area contributed by atoms with E-state index in [0.29, 0.717) is 13.0 Å². The third-order valence-corrected chi connectivity index (χ3v) is 4.27. The zero-order valence-corrected chi connectivity index (χ0v) is 12.5. The van der Waals surface area contributed by atoms with Crippen molar-refractivity contribution in [2.45, 2.75) is 64.4 Å². The van der Waals surface area contributed by atoms with Gasteiger partial charge < -0.3 is 10.4 Å². The number of hydrogen-bond donors (Lipinski definition) is 3. The van der Waals surface area contributed by atoms with Crippen LogP contribution in [-0.2, 0) is 11.2 Å². The van der Waals surface area contributed by atoms with Crippen LogP contribution in [0.15, 0.2) is 0 Å². The predicted molar refractivity (Wildman–Crippen MR) is 77.4 cm³/mol. The van der Waals surface area contributed by atoms with Gasteiger partial charge in [-0.05, 0) is 26.7 Å². The monoisotopic (exact) mass is 279 g/mol. The van der Waals surface area contributed by atoms with E-state index in [2.05, 4.69) is 15.5 Å². The van der Waals surface area contributed by atoms with Gasteiger partial charge in [0.05, 0.1) is 17.7 Å². The highest BCUT2D eigenvalue weighted by molar-refractivity contribution is 5.79. The van der Waals surface area contributed by atoms with Crippen LogP contribution in [0.25, 0.3) is 0 Å². The van der Waals surface area contributed by atoms with Gasteiger partial charge in [-0.1, -0.05) is 25.7 Å². The summed E-state index contributed by atoms with van der Waals surface area (Å²) in [6.07, 6.45) is 6.37. The molecule has 1 heterocycles. The fraction of sp³-hybridized carbons (Fsp3) is 0.733. The molecule has 0 aromatic carbocycles. The third-order valence-electron chi connectivity index (χ3n) is 4.27. The quantitative estimate of drug-likeness (QED) is 0.735. The molecule has 0 aliphatic heterocycles. The maximum absolute atomic E-state index is 12.0. The minimum absolute atomic E-state index is 0.0460. The van der Waals surface area contributed by atoms with Crippen LogP contribution in [-0.4, -0.2) is 33.4 Å². The molecular formula is C15H25N3O2. The van der Waals surface area contributed by atoms with E-state index in [9.17, 15) is 9.90 Å². The van der Waals surface area contributed by atoms with Crippen molar-refractivity contribution < 1.29 is 9.90 Å². The summed E-state index contributed by atoms with van der Waals surface area (Å²) in [5.41, 5.74) is 2.04. The predicted octanol–water partition coefficient (Wildman–Crippen LogP) is 1.77. The van der Waals surface area contributed by atoms with Crippen molar-refractivity contribution >= 4 is 5.91 Å². The Morgan fingerprint density at radius 2 is 1.95 bits per heavy atom. The highest BCUT2D eigenvalue weighted by Crippen LogP contribution is 2.26. The summed E-state index contributed by atoms with van der Waals surface area (Å²) in [7, 11) is 0. The van der Waals surface area contributed by atoms with Crippen LogP contribution in [0.1, 0.15) is 55.5 Å². The van der Waals surface area contributed by atoms with Crippen LogP contribution in [0.4, 0.5) is 0 Å². The van der Waals surface area contributed by atoms with Gasteiger partial charge in [-0.2, -0.15) is 5.10 Å². The topological polar surface area (TPSA) is 78.0 Å². The van der Waals surface area contributed by atoms with E-state index in [1.807, 2.05) is 13.8 Å². The van der Waals surface area contributed by atoms with Gasteiger partial charge in [0.25, 0.3) is 0 Å². The number of aryl methyl sites for hydroxylation is 2. The van der Waals surface area contributed by atoms with E-state index < -0.39 is 5.60 Å². The molecule has 1 amide bonds. The fourth-order valence-corrected chi connectivity index (χ4v) is 2.88. The van der Waals surface area contributed by atoms with Crippen molar-refractivity contribution in [2.75, 3.05) is 6.54 Å². The standard InChI is InChI=1S/C15H25N3O2/c1-11-13(12(2)18-17-11)9-14(19)16-10-15(20)7-5-3-4-6-8-15/h20H,3-10H2,1-2H3,(H,16,19)(H,17,18). The van der Waals surface area contributed by atoms with Gasteiger partial charge in [-0.3, -0.25) is 9.89 Å². The molecule has 1 saturated carbocycles. The molecule has 0 bridgehead atoms. The van der Waals surface area contributed by atoms with Crippen molar-refractivity contribution in [1.82, 2.24) is 15.5 Å². The molecule has 0 spiro atoms. The summed E-state index contributed by atoms with van der Waals surface area (Å²) >= 11 is 0. The normalized spacial score (nSPS) is 18.6. The van der Waals surface area contributed by atoms with Gasteiger partial charge in [0.15, 0.2) is 0 Å². The fourth-order valence-electron chi connectivity index (χ4n) is 2.88. The smallest absolute Gasteiger partial charge is 0.224 e. The Morgan fingerprint density at radius 1 is 1.30 bits per heavy atom. The SMILES string of the molecule is Cc1n[nH]c(C)c1CC(=O)NCC1(O)CCCCCC1. The summed E-state index contributed by atoms with van der Waals surface area (Å²) in [6.45, 7) is 4.17. The lowest BCUT2D eigenvalue weighted by atomic mass is 9.94. The number of aliphatic hydroxyl groups is 1. The number of nitrogens with zero attached hydrogens (tertiary/aromatic N) is 1. The molecule has 1 aliphatic carbocycles. The number of aromatic amines is 1. The first kappa shape index (κ1) is 15.0. The van der Waals surface area contributed by atoms with Crippen molar-refractivity contribution in [3.8, 4) is 0 Å². The Morgan fingerprint density at radius 3 is 2.50 bits per heavy atom. The molecule has 20 heavy (non-hydrogen) atoms. The van der Waals surface area contributed by atoms with E-state index in [0.717, 1.165) is 42.6 Å². The number of rotatable bonds is 4. The zero-order valence-electron chi connectivity index (χ0n) is 12.5. The summed E-state index contributed by atoms with van der Waals surface area (Å²) in [5, 5.41) is 20.4. The van der Waals surface area contributed by atoms with Crippen molar-refractivity contribution in [2.24, 2.45) is 0 Å². The van der Waals surface area contributed by atoms with Crippen molar-refractivity contribution in [3.05, 3.63) is 17.0 Å². The molecule has 2 rings (SSSR count). The lowest BCUT2D eigenvalue weighted by molar-refractivity contribution is -0.121. The van der Waals surface area contributed by atoms with Gasteiger partial charge >= 0.3 is 0 Å². The van der Waals surface area contributed by atoms with Gasteiger partial charge in [0, 0.05) is 17.8 Å². The molecule has 1 aliphatic rings. The summed E-state index contributed by atoms with van der Waals surface area (Å²) in [4.78, 5) is 12.0. The minimum atomic E-state index is -0.716. The summed E-state index contributed by atoms with van der Waals surface area (Å²) in [5.74, 6) is -0.0460. The Bertz CT molecular complexity index is 440. The average Bonchev–Trinajstić information content (AvgIpc) is 2.63. The molecule has 0 saturated heterocycles. The van der Waals surface area contributed by atoms with Gasteiger partial charge in [-0.25, -0.2) is 0 Å². The number of aromatic nitrogens is 2. The molecular weight excluding hydrogens is 254 g/mol. The van der Waals surface area contributed by atoms with Gasteiger partial charge in [0.2, 0.25) is 5.91 Å². The number of nitrogens with one attached hydrogen (secondary N) is 2. The molecule has 1 aromatic heterocycles.